The Labute approximate surface area is 162 Å². The molecule has 0 unspecified atom stereocenters. The van der Waals surface area contributed by atoms with Gasteiger partial charge in [0.1, 0.15) is 11.5 Å². The van der Waals surface area contributed by atoms with Gasteiger partial charge in [0.2, 0.25) is 0 Å². The summed E-state index contributed by atoms with van der Waals surface area (Å²) in [6.45, 7) is 8.21. The zero-order chi connectivity index (χ0) is 15.9. The Balaban J connectivity index is 0.00000156. The summed E-state index contributed by atoms with van der Waals surface area (Å²) in [6, 6.07) is 18.8. The third kappa shape index (κ3) is 6.05. The molecule has 0 bridgehead atoms. The first kappa shape index (κ1) is 21.5. The van der Waals surface area contributed by atoms with Crippen LogP contribution in [0.2, 0.25) is 0 Å². The summed E-state index contributed by atoms with van der Waals surface area (Å²) in [5.74, 6) is 1.74. The number of nitrogens with zero attached hydrogens (tertiary/aromatic N) is 1. The Morgan fingerprint density at radius 3 is 2.16 bits per heavy atom. The first-order chi connectivity index (χ1) is 11.4. The highest BCUT2D eigenvalue weighted by Crippen LogP contribution is 2.28. The van der Waals surface area contributed by atoms with E-state index >= 15 is 0 Å². The number of rotatable bonds is 6. The highest BCUT2D eigenvalue weighted by Gasteiger charge is 2.20. The average Bonchev–Trinajstić information content (AvgIpc) is 2.62. The van der Waals surface area contributed by atoms with Crippen LogP contribution in [0.25, 0.3) is 0 Å². The van der Waals surface area contributed by atoms with Crippen LogP contribution in [0.3, 0.4) is 0 Å². The van der Waals surface area contributed by atoms with Crippen molar-refractivity contribution in [3.63, 3.8) is 0 Å². The SMILES string of the molecule is C=CC[C@@H](c1ccc(Oc2ccccc2)cc1)N1CCNCC1.Cl.Cl. The molecule has 1 N–H and O–H groups in total. The lowest BCUT2D eigenvalue weighted by atomic mass is 10.0. The maximum Gasteiger partial charge on any atom is 0.127 e. The molecule has 0 aromatic heterocycles. The lowest BCUT2D eigenvalue weighted by Gasteiger charge is -2.34. The minimum atomic E-state index is 0. The van der Waals surface area contributed by atoms with Gasteiger partial charge < -0.3 is 10.1 Å². The molecular weight excluding hydrogens is 355 g/mol. The molecule has 3 rings (SSSR count). The second kappa shape index (κ2) is 11.2. The van der Waals surface area contributed by atoms with Crippen LogP contribution in [0.5, 0.6) is 11.5 Å². The van der Waals surface area contributed by atoms with Gasteiger partial charge in [-0.3, -0.25) is 4.90 Å². The standard InChI is InChI=1S/C20H24N2O.2ClH/c1-2-6-20(22-15-13-21-14-16-22)17-9-11-19(12-10-17)23-18-7-4-3-5-8-18;;/h2-5,7-12,20-21H,1,6,13-16H2;2*1H/t20-;;/m0../s1. The molecule has 0 spiro atoms. The van der Waals surface area contributed by atoms with E-state index in [1.54, 1.807) is 0 Å². The molecule has 1 saturated heterocycles. The number of ether oxygens (including phenoxy) is 1. The molecule has 136 valence electrons. The van der Waals surface area contributed by atoms with Crippen LogP contribution in [-0.4, -0.2) is 31.1 Å². The van der Waals surface area contributed by atoms with Gasteiger partial charge in [-0.25, -0.2) is 0 Å². The molecule has 0 amide bonds. The third-order valence-corrected chi connectivity index (χ3v) is 4.23. The predicted molar refractivity (Wildman–Crippen MR) is 109 cm³/mol. The van der Waals surface area contributed by atoms with Crippen molar-refractivity contribution in [1.29, 1.82) is 0 Å². The Morgan fingerprint density at radius 2 is 1.56 bits per heavy atom. The van der Waals surface area contributed by atoms with Crippen LogP contribution in [0.4, 0.5) is 0 Å². The highest BCUT2D eigenvalue weighted by molar-refractivity contribution is 5.85. The largest absolute Gasteiger partial charge is 0.457 e. The summed E-state index contributed by atoms with van der Waals surface area (Å²) >= 11 is 0. The van der Waals surface area contributed by atoms with Crippen LogP contribution >= 0.6 is 24.8 Å². The van der Waals surface area contributed by atoms with E-state index in [1.165, 1.54) is 5.56 Å². The van der Waals surface area contributed by atoms with E-state index in [4.69, 9.17) is 4.74 Å². The van der Waals surface area contributed by atoms with Gasteiger partial charge in [0.25, 0.3) is 0 Å². The topological polar surface area (TPSA) is 24.5 Å². The summed E-state index contributed by atoms with van der Waals surface area (Å²) in [7, 11) is 0. The van der Waals surface area contributed by atoms with Gasteiger partial charge in [0.15, 0.2) is 0 Å². The van der Waals surface area contributed by atoms with Crippen LogP contribution in [-0.2, 0) is 0 Å². The van der Waals surface area contributed by atoms with Gasteiger partial charge in [0, 0.05) is 32.2 Å². The maximum atomic E-state index is 5.87. The van der Waals surface area contributed by atoms with Crippen molar-refractivity contribution < 1.29 is 4.74 Å². The van der Waals surface area contributed by atoms with Crippen LogP contribution < -0.4 is 10.1 Å². The fourth-order valence-corrected chi connectivity index (χ4v) is 3.03. The third-order valence-electron chi connectivity index (χ3n) is 4.23. The number of hydrogen-bond donors (Lipinski definition) is 1. The summed E-state index contributed by atoms with van der Waals surface area (Å²) in [5.41, 5.74) is 1.33. The van der Waals surface area contributed by atoms with Crippen molar-refractivity contribution in [2.24, 2.45) is 0 Å². The highest BCUT2D eigenvalue weighted by atomic mass is 35.5. The minimum absolute atomic E-state index is 0. The van der Waals surface area contributed by atoms with E-state index in [0.717, 1.165) is 44.1 Å². The number of hydrogen-bond acceptors (Lipinski definition) is 3. The molecule has 3 nitrogen and oxygen atoms in total. The monoisotopic (exact) mass is 380 g/mol. The van der Waals surface area contributed by atoms with Crippen molar-refractivity contribution >= 4 is 24.8 Å². The fraction of sp³-hybridized carbons (Fsp3) is 0.300. The molecule has 0 aliphatic carbocycles. The number of halogens is 2. The Kier molecular flexibility index (Phi) is 9.61. The van der Waals surface area contributed by atoms with E-state index in [-0.39, 0.29) is 24.8 Å². The van der Waals surface area contributed by atoms with Crippen LogP contribution in [0.15, 0.2) is 67.3 Å². The molecule has 5 heteroatoms. The summed E-state index contributed by atoms with van der Waals surface area (Å²) < 4.78 is 5.87. The molecule has 2 aromatic carbocycles. The van der Waals surface area contributed by atoms with Crippen molar-refractivity contribution in [2.75, 3.05) is 26.2 Å². The number of nitrogens with one attached hydrogen (secondary N) is 1. The first-order valence-electron chi connectivity index (χ1n) is 8.25. The van der Waals surface area contributed by atoms with E-state index in [1.807, 2.05) is 36.4 Å². The zero-order valence-corrected chi connectivity index (χ0v) is 15.9. The lowest BCUT2D eigenvalue weighted by Crippen LogP contribution is -2.45. The van der Waals surface area contributed by atoms with Crippen molar-refractivity contribution in [1.82, 2.24) is 10.2 Å². The second-order valence-corrected chi connectivity index (χ2v) is 5.81. The van der Waals surface area contributed by atoms with Crippen LogP contribution in [0.1, 0.15) is 18.0 Å². The zero-order valence-electron chi connectivity index (χ0n) is 14.3. The van der Waals surface area contributed by atoms with Crippen molar-refractivity contribution in [2.45, 2.75) is 12.5 Å². The Bertz CT molecular complexity index is 613. The van der Waals surface area contributed by atoms with E-state index in [0.29, 0.717) is 6.04 Å². The molecular formula is C20H26Cl2N2O. The van der Waals surface area contributed by atoms with Gasteiger partial charge in [-0.2, -0.15) is 0 Å². The predicted octanol–water partition coefficient (Wildman–Crippen LogP) is 4.84. The quantitative estimate of drug-likeness (QED) is 0.725. The Hall–Kier alpha value is -1.52. The van der Waals surface area contributed by atoms with E-state index < -0.39 is 0 Å². The van der Waals surface area contributed by atoms with Crippen molar-refractivity contribution in [3.05, 3.63) is 72.8 Å². The number of piperazine rings is 1. The molecule has 1 heterocycles. The van der Waals surface area contributed by atoms with Gasteiger partial charge in [-0.15, -0.1) is 31.4 Å². The summed E-state index contributed by atoms with van der Waals surface area (Å²) in [5, 5.41) is 3.41. The molecule has 0 radical (unpaired) electrons. The molecule has 2 aromatic rings. The molecule has 1 atom stereocenters. The van der Waals surface area contributed by atoms with Crippen LogP contribution in [0, 0.1) is 0 Å². The van der Waals surface area contributed by atoms with Gasteiger partial charge in [-0.1, -0.05) is 36.4 Å². The second-order valence-electron chi connectivity index (χ2n) is 5.81. The van der Waals surface area contributed by atoms with E-state index in [9.17, 15) is 0 Å². The smallest absolute Gasteiger partial charge is 0.127 e. The first-order valence-corrected chi connectivity index (χ1v) is 8.25. The molecule has 25 heavy (non-hydrogen) atoms. The van der Waals surface area contributed by atoms with Gasteiger partial charge in [-0.05, 0) is 36.2 Å². The lowest BCUT2D eigenvalue weighted by molar-refractivity contribution is 0.174. The molecule has 0 saturated carbocycles. The maximum absolute atomic E-state index is 5.87. The minimum Gasteiger partial charge on any atom is -0.457 e. The van der Waals surface area contributed by atoms with E-state index in [2.05, 4.69) is 41.1 Å². The normalized spacial score (nSPS) is 15.4. The fourth-order valence-electron chi connectivity index (χ4n) is 3.03. The van der Waals surface area contributed by atoms with Gasteiger partial charge >= 0.3 is 0 Å². The number of para-hydroxylation sites is 1. The molecule has 1 aliphatic heterocycles. The summed E-state index contributed by atoms with van der Waals surface area (Å²) in [6.07, 6.45) is 2.99. The van der Waals surface area contributed by atoms with Crippen molar-refractivity contribution in [3.8, 4) is 11.5 Å². The summed E-state index contributed by atoms with van der Waals surface area (Å²) in [4.78, 5) is 2.53. The van der Waals surface area contributed by atoms with Gasteiger partial charge in [0.05, 0.1) is 0 Å². The molecule has 1 fully saturated rings. The number of benzene rings is 2. The average molecular weight is 381 g/mol. The molecule has 1 aliphatic rings. The Morgan fingerprint density at radius 1 is 0.960 bits per heavy atom.